The highest BCUT2D eigenvalue weighted by Gasteiger charge is 2.24. The van der Waals surface area contributed by atoms with Gasteiger partial charge in [0.05, 0.1) is 17.3 Å². The van der Waals surface area contributed by atoms with E-state index in [0.717, 1.165) is 29.8 Å². The molecule has 0 spiro atoms. The fraction of sp³-hybridized carbons (Fsp3) is 0.462. The second kappa shape index (κ2) is 11.2. The summed E-state index contributed by atoms with van der Waals surface area (Å²) < 4.78 is 22.1. The van der Waals surface area contributed by atoms with E-state index in [1.165, 1.54) is 0 Å². The summed E-state index contributed by atoms with van der Waals surface area (Å²) in [7, 11) is 1.84. The SMILES string of the molecule is CCCC[C@@H](Nc1nc(Nc2ccc3cnn(C)c3c2)c(C#N)cc1F)[C@H](C)NC(=O)OC(C)(C)C. The lowest BCUT2D eigenvalue weighted by atomic mass is 10.0. The molecule has 3 rings (SSSR count). The molecule has 0 saturated carbocycles. The van der Waals surface area contributed by atoms with Gasteiger partial charge in [-0.25, -0.2) is 14.2 Å². The lowest BCUT2D eigenvalue weighted by molar-refractivity contribution is 0.0502. The van der Waals surface area contributed by atoms with Gasteiger partial charge in [0, 0.05) is 30.2 Å². The van der Waals surface area contributed by atoms with Crippen molar-refractivity contribution in [2.24, 2.45) is 7.05 Å². The number of carbonyl (C=O) groups is 1. The molecule has 3 aromatic rings. The van der Waals surface area contributed by atoms with Crippen LogP contribution in [0.5, 0.6) is 0 Å². The molecule has 192 valence electrons. The van der Waals surface area contributed by atoms with E-state index in [2.05, 4.69) is 33.0 Å². The number of hydrogen-bond acceptors (Lipinski definition) is 7. The summed E-state index contributed by atoms with van der Waals surface area (Å²) >= 11 is 0. The number of alkyl carbamates (subject to hydrolysis) is 1. The Morgan fingerprint density at radius 1 is 1.28 bits per heavy atom. The summed E-state index contributed by atoms with van der Waals surface area (Å²) in [5.74, 6) is -0.424. The Kier molecular flexibility index (Phi) is 8.35. The number of rotatable bonds is 9. The van der Waals surface area contributed by atoms with Crippen LogP contribution in [0.2, 0.25) is 0 Å². The molecular weight excluding hydrogens is 461 g/mol. The van der Waals surface area contributed by atoms with Crippen LogP contribution < -0.4 is 16.0 Å². The van der Waals surface area contributed by atoms with Crippen LogP contribution in [0.4, 0.5) is 26.5 Å². The third-order valence-corrected chi connectivity index (χ3v) is 5.65. The first-order valence-corrected chi connectivity index (χ1v) is 12.1. The normalized spacial score (nSPS) is 13.1. The lowest BCUT2D eigenvalue weighted by Gasteiger charge is -2.28. The van der Waals surface area contributed by atoms with Crippen LogP contribution in [0.25, 0.3) is 10.9 Å². The Bertz CT molecular complexity index is 1260. The summed E-state index contributed by atoms with van der Waals surface area (Å²) in [5.41, 5.74) is 1.04. The zero-order valence-corrected chi connectivity index (χ0v) is 21.6. The van der Waals surface area contributed by atoms with Crippen molar-refractivity contribution < 1.29 is 13.9 Å². The number of nitrogens with one attached hydrogen (secondary N) is 3. The minimum Gasteiger partial charge on any atom is -0.444 e. The number of nitriles is 1. The fourth-order valence-electron chi connectivity index (χ4n) is 3.77. The largest absolute Gasteiger partial charge is 0.444 e. The topological polar surface area (TPSA) is 117 Å². The molecule has 2 atom stereocenters. The highest BCUT2D eigenvalue weighted by molar-refractivity contribution is 5.83. The summed E-state index contributed by atoms with van der Waals surface area (Å²) in [5, 5.41) is 23.9. The second-order valence-electron chi connectivity index (χ2n) is 9.82. The molecule has 2 aromatic heterocycles. The smallest absolute Gasteiger partial charge is 0.407 e. The maximum Gasteiger partial charge on any atom is 0.407 e. The summed E-state index contributed by atoms with van der Waals surface area (Å²) in [6, 6.07) is 8.12. The van der Waals surface area contributed by atoms with Gasteiger partial charge in [0.15, 0.2) is 17.5 Å². The van der Waals surface area contributed by atoms with E-state index in [0.29, 0.717) is 12.1 Å². The number of anilines is 3. The van der Waals surface area contributed by atoms with Crippen molar-refractivity contribution in [3.05, 3.63) is 41.8 Å². The molecule has 0 saturated heterocycles. The number of carbonyl (C=O) groups excluding carboxylic acids is 1. The first kappa shape index (κ1) is 26.7. The van der Waals surface area contributed by atoms with E-state index in [9.17, 15) is 14.4 Å². The Labute approximate surface area is 211 Å². The minimum absolute atomic E-state index is 0.00273. The quantitative estimate of drug-likeness (QED) is 0.353. The molecule has 0 radical (unpaired) electrons. The molecular formula is C26H34FN7O2. The number of amides is 1. The number of fused-ring (bicyclic) bond motifs is 1. The number of benzene rings is 1. The number of unbranched alkanes of at least 4 members (excludes halogenated alkanes) is 1. The minimum atomic E-state index is -0.648. The van der Waals surface area contributed by atoms with Crippen molar-refractivity contribution in [1.29, 1.82) is 5.26 Å². The van der Waals surface area contributed by atoms with Crippen LogP contribution in [0.3, 0.4) is 0 Å². The van der Waals surface area contributed by atoms with Crippen molar-refractivity contribution in [3.63, 3.8) is 0 Å². The molecule has 0 aliphatic heterocycles. The summed E-state index contributed by atoms with van der Waals surface area (Å²) in [6.07, 6.45) is 3.70. The Balaban J connectivity index is 1.85. The third kappa shape index (κ3) is 6.84. The Morgan fingerprint density at radius 2 is 2.03 bits per heavy atom. The van der Waals surface area contributed by atoms with E-state index in [4.69, 9.17) is 4.74 Å². The predicted molar refractivity (Wildman–Crippen MR) is 139 cm³/mol. The molecule has 3 N–H and O–H groups in total. The average molecular weight is 496 g/mol. The van der Waals surface area contributed by atoms with Gasteiger partial charge in [0.25, 0.3) is 0 Å². The fourth-order valence-corrected chi connectivity index (χ4v) is 3.77. The zero-order valence-electron chi connectivity index (χ0n) is 21.6. The maximum absolute atomic E-state index is 15.0. The van der Waals surface area contributed by atoms with Crippen molar-refractivity contribution in [3.8, 4) is 6.07 Å². The number of pyridine rings is 1. The molecule has 10 heteroatoms. The molecule has 9 nitrogen and oxygen atoms in total. The standard InChI is InChI=1S/C26H34FN7O2/c1-7-8-9-21(16(2)30-25(35)36-26(3,4)5)32-24-20(27)12-18(14-28)23(33-24)31-19-11-10-17-15-29-34(6)22(17)13-19/h10-13,15-16,21H,7-9H2,1-6H3,(H,30,35)(H2,31,32,33)/t16-,21+/m0/s1. The highest BCUT2D eigenvalue weighted by atomic mass is 19.1. The van der Waals surface area contributed by atoms with Crippen LogP contribution in [0.1, 0.15) is 59.4 Å². The molecule has 0 fully saturated rings. The predicted octanol–water partition coefficient (Wildman–Crippen LogP) is 5.61. The molecule has 0 aliphatic carbocycles. The van der Waals surface area contributed by atoms with Gasteiger partial charge in [0.2, 0.25) is 0 Å². The molecule has 0 bridgehead atoms. The van der Waals surface area contributed by atoms with Crippen molar-refractivity contribution in [1.82, 2.24) is 20.1 Å². The van der Waals surface area contributed by atoms with Crippen LogP contribution in [-0.4, -0.2) is 38.5 Å². The van der Waals surface area contributed by atoms with E-state index in [-0.39, 0.29) is 29.3 Å². The van der Waals surface area contributed by atoms with Gasteiger partial charge >= 0.3 is 6.09 Å². The van der Waals surface area contributed by atoms with E-state index >= 15 is 0 Å². The first-order valence-electron chi connectivity index (χ1n) is 12.1. The molecule has 1 aromatic carbocycles. The van der Waals surface area contributed by atoms with Crippen LogP contribution in [0, 0.1) is 17.1 Å². The third-order valence-electron chi connectivity index (χ3n) is 5.65. The number of hydrogen-bond donors (Lipinski definition) is 3. The van der Waals surface area contributed by atoms with Crippen molar-refractivity contribution in [2.45, 2.75) is 71.6 Å². The van der Waals surface area contributed by atoms with E-state index in [1.807, 2.05) is 38.2 Å². The van der Waals surface area contributed by atoms with Gasteiger partial charge < -0.3 is 20.7 Å². The van der Waals surface area contributed by atoms with Gasteiger partial charge in [0.1, 0.15) is 11.7 Å². The summed E-state index contributed by atoms with van der Waals surface area (Å²) in [4.78, 5) is 16.7. The number of aryl methyl sites for hydroxylation is 1. The Morgan fingerprint density at radius 3 is 2.69 bits per heavy atom. The first-order chi connectivity index (χ1) is 17.0. The maximum atomic E-state index is 15.0. The van der Waals surface area contributed by atoms with Gasteiger partial charge in [-0.1, -0.05) is 19.8 Å². The molecule has 1 amide bonds. The van der Waals surface area contributed by atoms with E-state index in [1.54, 1.807) is 31.6 Å². The van der Waals surface area contributed by atoms with Crippen LogP contribution in [-0.2, 0) is 11.8 Å². The second-order valence-corrected chi connectivity index (χ2v) is 9.82. The van der Waals surface area contributed by atoms with Gasteiger partial charge in [-0.05, 0) is 58.4 Å². The van der Waals surface area contributed by atoms with Gasteiger partial charge in [-0.15, -0.1) is 0 Å². The van der Waals surface area contributed by atoms with Gasteiger partial charge in [-0.2, -0.15) is 10.4 Å². The Hall–Kier alpha value is -3.87. The van der Waals surface area contributed by atoms with Crippen molar-refractivity contribution >= 4 is 34.3 Å². The molecule has 2 heterocycles. The van der Waals surface area contributed by atoms with Crippen molar-refractivity contribution in [2.75, 3.05) is 10.6 Å². The average Bonchev–Trinajstić information content (AvgIpc) is 3.17. The van der Waals surface area contributed by atoms with E-state index < -0.39 is 17.5 Å². The number of aromatic nitrogens is 3. The van der Waals surface area contributed by atoms with Gasteiger partial charge in [-0.3, -0.25) is 4.68 Å². The number of nitrogens with zero attached hydrogens (tertiary/aromatic N) is 4. The zero-order chi connectivity index (χ0) is 26.5. The summed E-state index contributed by atoms with van der Waals surface area (Å²) in [6.45, 7) is 9.27. The number of ether oxygens (including phenoxy) is 1. The monoisotopic (exact) mass is 495 g/mol. The molecule has 0 unspecified atom stereocenters. The number of halogens is 1. The highest BCUT2D eigenvalue weighted by Crippen LogP contribution is 2.26. The van der Waals surface area contributed by atoms with Crippen LogP contribution in [0.15, 0.2) is 30.5 Å². The molecule has 0 aliphatic rings. The van der Waals surface area contributed by atoms with Crippen LogP contribution >= 0.6 is 0 Å². The molecule has 36 heavy (non-hydrogen) atoms. The lowest BCUT2D eigenvalue weighted by Crippen LogP contribution is -2.46.